The number of aromatic nitrogens is 1. The van der Waals surface area contributed by atoms with Crippen molar-refractivity contribution in [2.24, 2.45) is 0 Å². The number of hydrogen-bond donors (Lipinski definition) is 2. The zero-order chi connectivity index (χ0) is 22.1. The van der Waals surface area contributed by atoms with Crippen LogP contribution in [0.4, 0.5) is 5.69 Å². The molecule has 0 saturated heterocycles. The average Bonchev–Trinajstić information content (AvgIpc) is 3.17. The van der Waals surface area contributed by atoms with E-state index >= 15 is 0 Å². The van der Waals surface area contributed by atoms with Gasteiger partial charge in [0.1, 0.15) is 5.75 Å². The standard InChI is InChI=1S/C23H25N3O3S2/c1-3-29-20-8-5-4-7-19(20)22(28)24-14-6-9-21(27)26-17-10-12-18(13-11-17)31-23-25-16(2)15-30-23/h4-5,7-8,10-13,15H,3,6,9,14H2,1-2H3,(H,24,28)(H,26,27). The van der Waals surface area contributed by atoms with Gasteiger partial charge in [-0.05, 0) is 56.7 Å². The summed E-state index contributed by atoms with van der Waals surface area (Å²) in [5.41, 5.74) is 2.27. The van der Waals surface area contributed by atoms with Crippen molar-refractivity contribution in [1.29, 1.82) is 0 Å². The number of rotatable bonds is 10. The molecule has 1 heterocycles. The van der Waals surface area contributed by atoms with E-state index in [0.29, 0.717) is 37.3 Å². The fourth-order valence-electron chi connectivity index (χ4n) is 2.79. The number of anilines is 1. The van der Waals surface area contributed by atoms with Crippen molar-refractivity contribution in [3.8, 4) is 5.75 Å². The van der Waals surface area contributed by atoms with Gasteiger partial charge in [0.15, 0.2) is 4.34 Å². The van der Waals surface area contributed by atoms with Crippen molar-refractivity contribution < 1.29 is 14.3 Å². The van der Waals surface area contributed by atoms with Crippen molar-refractivity contribution >= 4 is 40.6 Å². The fourth-order valence-corrected chi connectivity index (χ4v) is 4.60. The van der Waals surface area contributed by atoms with Crippen LogP contribution < -0.4 is 15.4 Å². The van der Waals surface area contributed by atoms with Crippen LogP contribution in [0, 0.1) is 6.92 Å². The van der Waals surface area contributed by atoms with Crippen LogP contribution in [0.3, 0.4) is 0 Å². The van der Waals surface area contributed by atoms with Crippen LogP contribution in [-0.4, -0.2) is 29.9 Å². The summed E-state index contributed by atoms with van der Waals surface area (Å²) in [6.45, 7) is 4.76. The number of ether oxygens (including phenoxy) is 1. The van der Waals surface area contributed by atoms with Gasteiger partial charge >= 0.3 is 0 Å². The van der Waals surface area contributed by atoms with E-state index in [2.05, 4.69) is 15.6 Å². The first kappa shape index (κ1) is 22.8. The van der Waals surface area contributed by atoms with Crippen LogP contribution in [0.2, 0.25) is 0 Å². The van der Waals surface area contributed by atoms with Gasteiger partial charge in [-0.3, -0.25) is 9.59 Å². The molecule has 3 aromatic rings. The molecule has 0 aliphatic heterocycles. The summed E-state index contributed by atoms with van der Waals surface area (Å²) in [6, 6.07) is 14.8. The topological polar surface area (TPSA) is 80.3 Å². The van der Waals surface area contributed by atoms with E-state index in [1.165, 1.54) is 0 Å². The molecule has 0 spiro atoms. The number of thiazole rings is 1. The van der Waals surface area contributed by atoms with E-state index in [9.17, 15) is 9.59 Å². The molecule has 162 valence electrons. The first-order valence-electron chi connectivity index (χ1n) is 10.0. The third-order valence-electron chi connectivity index (χ3n) is 4.24. The monoisotopic (exact) mass is 455 g/mol. The Bertz CT molecular complexity index is 1020. The molecule has 0 bridgehead atoms. The third-order valence-corrected chi connectivity index (χ3v) is 6.30. The molecule has 0 aliphatic carbocycles. The lowest BCUT2D eigenvalue weighted by molar-refractivity contribution is -0.116. The smallest absolute Gasteiger partial charge is 0.255 e. The number of aryl methyl sites for hydroxylation is 1. The molecule has 0 atom stereocenters. The molecule has 1 aromatic heterocycles. The number of para-hydroxylation sites is 1. The van der Waals surface area contributed by atoms with Gasteiger partial charge in [0.2, 0.25) is 5.91 Å². The maximum Gasteiger partial charge on any atom is 0.255 e. The van der Waals surface area contributed by atoms with Gasteiger partial charge in [-0.25, -0.2) is 4.98 Å². The molecule has 0 aliphatic rings. The minimum absolute atomic E-state index is 0.0834. The summed E-state index contributed by atoms with van der Waals surface area (Å²) < 4.78 is 6.48. The summed E-state index contributed by atoms with van der Waals surface area (Å²) in [4.78, 5) is 30.0. The molecular weight excluding hydrogens is 430 g/mol. The second-order valence-corrected chi connectivity index (χ2v) is 8.90. The Morgan fingerprint density at radius 3 is 2.61 bits per heavy atom. The van der Waals surface area contributed by atoms with Gasteiger partial charge < -0.3 is 15.4 Å². The van der Waals surface area contributed by atoms with Crippen LogP contribution in [0.25, 0.3) is 0 Å². The van der Waals surface area contributed by atoms with Crippen molar-refractivity contribution in [3.05, 3.63) is 65.2 Å². The van der Waals surface area contributed by atoms with E-state index < -0.39 is 0 Å². The van der Waals surface area contributed by atoms with Crippen molar-refractivity contribution in [2.75, 3.05) is 18.5 Å². The number of nitrogens with one attached hydrogen (secondary N) is 2. The van der Waals surface area contributed by atoms with Crippen molar-refractivity contribution in [1.82, 2.24) is 10.3 Å². The first-order chi connectivity index (χ1) is 15.0. The normalized spacial score (nSPS) is 10.5. The van der Waals surface area contributed by atoms with E-state index in [-0.39, 0.29) is 11.8 Å². The highest BCUT2D eigenvalue weighted by Gasteiger charge is 2.11. The van der Waals surface area contributed by atoms with Gasteiger partial charge in [0.05, 0.1) is 12.2 Å². The van der Waals surface area contributed by atoms with Crippen LogP contribution in [0.5, 0.6) is 5.75 Å². The van der Waals surface area contributed by atoms with Gasteiger partial charge in [-0.1, -0.05) is 23.9 Å². The largest absolute Gasteiger partial charge is 0.493 e. The Morgan fingerprint density at radius 1 is 1.13 bits per heavy atom. The lowest BCUT2D eigenvalue weighted by Gasteiger charge is -2.10. The number of hydrogen-bond acceptors (Lipinski definition) is 6. The van der Waals surface area contributed by atoms with Gasteiger partial charge in [-0.2, -0.15) is 0 Å². The number of nitrogens with zero attached hydrogens (tertiary/aromatic N) is 1. The third kappa shape index (κ3) is 7.11. The summed E-state index contributed by atoms with van der Waals surface area (Å²) in [5.74, 6) is 0.278. The van der Waals surface area contributed by atoms with Crippen LogP contribution >= 0.6 is 23.1 Å². The maximum absolute atomic E-state index is 12.3. The van der Waals surface area contributed by atoms with Crippen molar-refractivity contribution in [3.63, 3.8) is 0 Å². The lowest BCUT2D eigenvalue weighted by atomic mass is 10.2. The molecule has 0 saturated carbocycles. The van der Waals surface area contributed by atoms with Crippen LogP contribution in [0.15, 0.2) is 63.1 Å². The van der Waals surface area contributed by atoms with Gasteiger partial charge in [0, 0.05) is 34.6 Å². The quantitative estimate of drug-likeness (QED) is 0.413. The van der Waals surface area contributed by atoms with Gasteiger partial charge in [0.25, 0.3) is 5.91 Å². The minimum Gasteiger partial charge on any atom is -0.493 e. The zero-order valence-electron chi connectivity index (χ0n) is 17.5. The number of carbonyl (C=O) groups is 2. The van der Waals surface area contributed by atoms with Crippen LogP contribution in [-0.2, 0) is 4.79 Å². The molecule has 0 fully saturated rings. The summed E-state index contributed by atoms with van der Waals surface area (Å²) in [7, 11) is 0. The van der Waals surface area contributed by atoms with E-state index in [1.54, 1.807) is 41.3 Å². The highest BCUT2D eigenvalue weighted by atomic mass is 32.2. The van der Waals surface area contributed by atoms with Gasteiger partial charge in [-0.15, -0.1) is 11.3 Å². The van der Waals surface area contributed by atoms with E-state index in [4.69, 9.17) is 4.74 Å². The molecule has 2 N–H and O–H groups in total. The molecule has 0 unspecified atom stereocenters. The number of carbonyl (C=O) groups excluding carboxylic acids is 2. The molecule has 8 heteroatoms. The highest BCUT2D eigenvalue weighted by molar-refractivity contribution is 8.01. The Hall–Kier alpha value is -2.84. The number of benzene rings is 2. The lowest BCUT2D eigenvalue weighted by Crippen LogP contribution is -2.26. The second-order valence-electron chi connectivity index (χ2n) is 6.72. The molecule has 2 aromatic carbocycles. The Labute approximate surface area is 190 Å². The Kier molecular flexibility index (Phi) is 8.49. The molecule has 0 radical (unpaired) electrons. The zero-order valence-corrected chi connectivity index (χ0v) is 19.1. The van der Waals surface area contributed by atoms with E-state index in [0.717, 1.165) is 20.6 Å². The molecule has 3 rings (SSSR count). The average molecular weight is 456 g/mol. The maximum atomic E-state index is 12.3. The fraction of sp³-hybridized carbons (Fsp3) is 0.261. The van der Waals surface area contributed by atoms with Crippen molar-refractivity contribution in [2.45, 2.75) is 35.9 Å². The Morgan fingerprint density at radius 2 is 1.90 bits per heavy atom. The minimum atomic E-state index is -0.201. The second kappa shape index (κ2) is 11.5. The Balaban J connectivity index is 1.40. The number of amides is 2. The van der Waals surface area contributed by atoms with Crippen LogP contribution in [0.1, 0.15) is 35.8 Å². The summed E-state index contributed by atoms with van der Waals surface area (Å²) >= 11 is 3.22. The van der Waals surface area contributed by atoms with E-state index in [1.807, 2.05) is 49.6 Å². The molecule has 6 nitrogen and oxygen atoms in total. The highest BCUT2D eigenvalue weighted by Crippen LogP contribution is 2.30. The SMILES string of the molecule is CCOc1ccccc1C(=O)NCCCC(=O)Nc1ccc(Sc2nc(C)cs2)cc1. The first-order valence-corrected chi connectivity index (χ1v) is 11.7. The predicted molar refractivity (Wildman–Crippen MR) is 125 cm³/mol. The summed E-state index contributed by atoms with van der Waals surface area (Å²) in [5, 5.41) is 7.76. The molecule has 2 amide bonds. The predicted octanol–water partition coefficient (Wildman–Crippen LogP) is 5.15. The molecule has 31 heavy (non-hydrogen) atoms. The summed E-state index contributed by atoms with van der Waals surface area (Å²) in [6.07, 6.45) is 0.869. The molecular formula is C23H25N3O3S2.